The van der Waals surface area contributed by atoms with Gasteiger partial charge in [-0.2, -0.15) is 0 Å². The molecule has 0 bridgehead atoms. The summed E-state index contributed by atoms with van der Waals surface area (Å²) in [6.07, 6.45) is 3.57. The molecule has 0 spiro atoms. The highest BCUT2D eigenvalue weighted by atomic mass is 35.5. The lowest BCUT2D eigenvalue weighted by Gasteiger charge is -2.30. The quantitative estimate of drug-likeness (QED) is 0.782. The number of primary amides is 1. The Morgan fingerprint density at radius 2 is 1.76 bits per heavy atom. The van der Waals surface area contributed by atoms with Crippen LogP contribution in [-0.2, 0) is 11.3 Å². The SMILES string of the molecule is Cl.NCc1ccc(C(=O)NC2CCCCC2C(N)=O)cc1. The van der Waals surface area contributed by atoms with Crippen LogP contribution in [0.4, 0.5) is 0 Å². The normalized spacial score (nSPS) is 21.2. The van der Waals surface area contributed by atoms with Crippen LogP contribution in [-0.4, -0.2) is 17.9 Å². The zero-order chi connectivity index (χ0) is 14.5. The molecule has 2 rings (SSSR count). The van der Waals surface area contributed by atoms with E-state index >= 15 is 0 Å². The summed E-state index contributed by atoms with van der Waals surface area (Å²) in [4.78, 5) is 23.6. The van der Waals surface area contributed by atoms with Crippen molar-refractivity contribution in [2.75, 3.05) is 0 Å². The van der Waals surface area contributed by atoms with Crippen LogP contribution in [0.25, 0.3) is 0 Å². The van der Waals surface area contributed by atoms with Crippen molar-refractivity contribution in [1.82, 2.24) is 5.32 Å². The van der Waals surface area contributed by atoms with E-state index in [4.69, 9.17) is 11.5 Å². The zero-order valence-corrected chi connectivity index (χ0v) is 12.7. The minimum atomic E-state index is -0.325. The molecule has 116 valence electrons. The van der Waals surface area contributed by atoms with Gasteiger partial charge < -0.3 is 16.8 Å². The summed E-state index contributed by atoms with van der Waals surface area (Å²) in [7, 11) is 0. The van der Waals surface area contributed by atoms with E-state index in [1.807, 2.05) is 12.1 Å². The largest absolute Gasteiger partial charge is 0.369 e. The van der Waals surface area contributed by atoms with Gasteiger partial charge in [0, 0.05) is 18.2 Å². The Morgan fingerprint density at radius 1 is 1.14 bits per heavy atom. The first-order chi connectivity index (χ1) is 9.61. The molecule has 5 N–H and O–H groups in total. The van der Waals surface area contributed by atoms with Gasteiger partial charge >= 0.3 is 0 Å². The Hall–Kier alpha value is -1.59. The fourth-order valence-corrected chi connectivity index (χ4v) is 2.69. The second-order valence-electron chi connectivity index (χ2n) is 5.27. The molecular formula is C15H22ClN3O2. The number of hydrogen-bond acceptors (Lipinski definition) is 3. The van der Waals surface area contributed by atoms with Crippen LogP contribution < -0.4 is 16.8 Å². The summed E-state index contributed by atoms with van der Waals surface area (Å²) >= 11 is 0. The van der Waals surface area contributed by atoms with Crippen molar-refractivity contribution in [3.8, 4) is 0 Å². The predicted molar refractivity (Wildman–Crippen MR) is 84.0 cm³/mol. The monoisotopic (exact) mass is 311 g/mol. The van der Waals surface area contributed by atoms with E-state index in [1.54, 1.807) is 12.1 Å². The fourth-order valence-electron chi connectivity index (χ4n) is 2.69. The first-order valence-corrected chi connectivity index (χ1v) is 7.01. The molecule has 0 aliphatic heterocycles. The van der Waals surface area contributed by atoms with Gasteiger partial charge in [0.05, 0.1) is 5.92 Å². The molecule has 2 atom stereocenters. The molecule has 5 nitrogen and oxygen atoms in total. The van der Waals surface area contributed by atoms with Gasteiger partial charge in [-0.25, -0.2) is 0 Å². The zero-order valence-electron chi connectivity index (χ0n) is 11.9. The van der Waals surface area contributed by atoms with Gasteiger partial charge in [-0.05, 0) is 30.5 Å². The highest BCUT2D eigenvalue weighted by molar-refractivity contribution is 5.94. The van der Waals surface area contributed by atoms with Crippen molar-refractivity contribution in [3.05, 3.63) is 35.4 Å². The Labute approximate surface area is 130 Å². The van der Waals surface area contributed by atoms with E-state index < -0.39 is 0 Å². The van der Waals surface area contributed by atoms with E-state index in [-0.39, 0.29) is 36.2 Å². The molecule has 2 unspecified atom stereocenters. The van der Waals surface area contributed by atoms with Gasteiger partial charge in [0.2, 0.25) is 5.91 Å². The van der Waals surface area contributed by atoms with E-state index in [0.717, 1.165) is 31.2 Å². The number of benzene rings is 1. The molecule has 1 fully saturated rings. The Balaban J connectivity index is 0.00000220. The first-order valence-electron chi connectivity index (χ1n) is 7.01. The van der Waals surface area contributed by atoms with Gasteiger partial charge in [-0.1, -0.05) is 25.0 Å². The average molecular weight is 312 g/mol. The number of nitrogens with one attached hydrogen (secondary N) is 1. The molecule has 0 heterocycles. The van der Waals surface area contributed by atoms with Crippen LogP contribution >= 0.6 is 12.4 Å². The second kappa shape index (κ2) is 8.00. The number of amides is 2. The van der Waals surface area contributed by atoms with Crippen molar-refractivity contribution < 1.29 is 9.59 Å². The molecule has 2 amide bonds. The summed E-state index contributed by atoms with van der Waals surface area (Å²) in [6, 6.07) is 7.02. The molecule has 1 saturated carbocycles. The van der Waals surface area contributed by atoms with Crippen LogP contribution in [0.5, 0.6) is 0 Å². The van der Waals surface area contributed by atoms with Crippen LogP contribution in [0.3, 0.4) is 0 Å². The third-order valence-corrected chi connectivity index (χ3v) is 3.90. The Kier molecular flexibility index (Phi) is 6.65. The summed E-state index contributed by atoms with van der Waals surface area (Å²) < 4.78 is 0. The number of carbonyl (C=O) groups is 2. The van der Waals surface area contributed by atoms with Gasteiger partial charge in [-0.15, -0.1) is 12.4 Å². The van der Waals surface area contributed by atoms with Gasteiger partial charge in [0.15, 0.2) is 0 Å². The fraction of sp³-hybridized carbons (Fsp3) is 0.467. The molecular weight excluding hydrogens is 290 g/mol. The van der Waals surface area contributed by atoms with E-state index in [1.165, 1.54) is 0 Å². The third-order valence-electron chi connectivity index (χ3n) is 3.90. The van der Waals surface area contributed by atoms with Crippen LogP contribution in [0.1, 0.15) is 41.6 Å². The van der Waals surface area contributed by atoms with Gasteiger partial charge in [-0.3, -0.25) is 9.59 Å². The smallest absolute Gasteiger partial charge is 0.251 e. The molecule has 6 heteroatoms. The minimum absolute atomic E-state index is 0. The highest BCUT2D eigenvalue weighted by Crippen LogP contribution is 2.24. The molecule has 1 aliphatic rings. The predicted octanol–water partition coefficient (Wildman–Crippen LogP) is 1.34. The van der Waals surface area contributed by atoms with Crippen LogP contribution in [0.15, 0.2) is 24.3 Å². The van der Waals surface area contributed by atoms with Crippen molar-refractivity contribution in [2.24, 2.45) is 17.4 Å². The number of halogens is 1. The van der Waals surface area contributed by atoms with Crippen LogP contribution in [0, 0.1) is 5.92 Å². The molecule has 0 saturated heterocycles. The standard InChI is InChI=1S/C15H21N3O2.ClH/c16-9-10-5-7-11(8-6-10)15(20)18-13-4-2-1-3-12(13)14(17)19;/h5-8,12-13H,1-4,9,16H2,(H2,17,19)(H,18,20);1H. The molecule has 0 aromatic heterocycles. The molecule has 21 heavy (non-hydrogen) atoms. The number of nitrogens with two attached hydrogens (primary N) is 2. The minimum Gasteiger partial charge on any atom is -0.369 e. The maximum atomic E-state index is 12.2. The lowest BCUT2D eigenvalue weighted by atomic mass is 9.84. The Bertz CT molecular complexity index is 490. The van der Waals surface area contributed by atoms with E-state index in [0.29, 0.717) is 12.1 Å². The van der Waals surface area contributed by atoms with Crippen LogP contribution in [0.2, 0.25) is 0 Å². The maximum absolute atomic E-state index is 12.2. The third kappa shape index (κ3) is 4.44. The van der Waals surface area contributed by atoms with Gasteiger partial charge in [0.1, 0.15) is 0 Å². The van der Waals surface area contributed by atoms with Crippen molar-refractivity contribution in [2.45, 2.75) is 38.3 Å². The maximum Gasteiger partial charge on any atom is 0.251 e. The van der Waals surface area contributed by atoms with E-state index in [2.05, 4.69) is 5.32 Å². The summed E-state index contributed by atoms with van der Waals surface area (Å²) in [5.74, 6) is -0.740. The summed E-state index contributed by atoms with van der Waals surface area (Å²) in [6.45, 7) is 0.453. The average Bonchev–Trinajstić information content (AvgIpc) is 2.47. The molecule has 1 aromatic rings. The first kappa shape index (κ1) is 17.5. The molecule has 1 aliphatic carbocycles. The summed E-state index contributed by atoms with van der Waals surface area (Å²) in [5.41, 5.74) is 12.5. The van der Waals surface area contributed by atoms with Gasteiger partial charge in [0.25, 0.3) is 5.91 Å². The number of carbonyl (C=O) groups excluding carboxylic acids is 2. The highest BCUT2D eigenvalue weighted by Gasteiger charge is 2.30. The second-order valence-corrected chi connectivity index (χ2v) is 5.27. The lowest BCUT2D eigenvalue weighted by molar-refractivity contribution is -0.123. The van der Waals surface area contributed by atoms with Crippen molar-refractivity contribution in [3.63, 3.8) is 0 Å². The lowest BCUT2D eigenvalue weighted by Crippen LogP contribution is -2.47. The van der Waals surface area contributed by atoms with E-state index in [9.17, 15) is 9.59 Å². The topological polar surface area (TPSA) is 98.2 Å². The number of rotatable bonds is 4. The number of hydrogen-bond donors (Lipinski definition) is 3. The Morgan fingerprint density at radius 3 is 2.33 bits per heavy atom. The van der Waals surface area contributed by atoms with Crippen molar-refractivity contribution >= 4 is 24.2 Å². The van der Waals surface area contributed by atoms with Crippen molar-refractivity contribution in [1.29, 1.82) is 0 Å². The molecule has 0 radical (unpaired) electrons. The summed E-state index contributed by atoms with van der Waals surface area (Å²) in [5, 5.41) is 2.93. The molecule has 1 aromatic carbocycles.